The number of nitrogens with two attached hydrogens (primary N) is 1. The SMILES string of the molecule is NCC1(NC(=O)c2cc(-c3ccco3)[nH]n2)CCCC1. The normalized spacial score (nSPS) is 17.2. The molecule has 0 aliphatic heterocycles. The number of H-pyrrole nitrogens is 1. The summed E-state index contributed by atoms with van der Waals surface area (Å²) in [6, 6.07) is 5.29. The van der Waals surface area contributed by atoms with Gasteiger partial charge in [0.15, 0.2) is 11.5 Å². The van der Waals surface area contributed by atoms with Crippen molar-refractivity contribution in [3.63, 3.8) is 0 Å². The van der Waals surface area contributed by atoms with Gasteiger partial charge in [0.2, 0.25) is 0 Å². The standard InChI is InChI=1S/C14H18N4O2/c15-9-14(5-1-2-6-14)16-13(19)11-8-10(17-18-11)12-4-3-7-20-12/h3-4,7-8H,1-2,5-6,9,15H2,(H,16,19)(H,17,18). The van der Waals surface area contributed by atoms with Gasteiger partial charge in [-0.05, 0) is 25.0 Å². The fourth-order valence-corrected chi connectivity index (χ4v) is 2.73. The molecule has 2 heterocycles. The number of carbonyl (C=O) groups is 1. The maximum Gasteiger partial charge on any atom is 0.272 e. The van der Waals surface area contributed by atoms with Gasteiger partial charge in [0, 0.05) is 12.6 Å². The van der Waals surface area contributed by atoms with E-state index >= 15 is 0 Å². The molecule has 1 saturated carbocycles. The third-order valence-corrected chi connectivity index (χ3v) is 3.93. The van der Waals surface area contributed by atoms with Crippen LogP contribution in [0.5, 0.6) is 0 Å². The summed E-state index contributed by atoms with van der Waals surface area (Å²) >= 11 is 0. The summed E-state index contributed by atoms with van der Waals surface area (Å²) in [5.74, 6) is 0.470. The highest BCUT2D eigenvalue weighted by Gasteiger charge is 2.34. The van der Waals surface area contributed by atoms with Crippen LogP contribution in [-0.2, 0) is 0 Å². The van der Waals surface area contributed by atoms with Gasteiger partial charge in [-0.2, -0.15) is 5.10 Å². The highest BCUT2D eigenvalue weighted by Crippen LogP contribution is 2.29. The first-order valence-electron chi connectivity index (χ1n) is 6.84. The van der Waals surface area contributed by atoms with Crippen LogP contribution in [0.25, 0.3) is 11.5 Å². The fourth-order valence-electron chi connectivity index (χ4n) is 2.73. The van der Waals surface area contributed by atoms with Crippen LogP contribution in [0.3, 0.4) is 0 Å². The first-order chi connectivity index (χ1) is 9.72. The van der Waals surface area contributed by atoms with Crippen LogP contribution < -0.4 is 11.1 Å². The quantitative estimate of drug-likeness (QED) is 0.790. The van der Waals surface area contributed by atoms with Gasteiger partial charge in [0.1, 0.15) is 5.69 Å². The van der Waals surface area contributed by atoms with E-state index in [2.05, 4.69) is 15.5 Å². The number of nitrogens with one attached hydrogen (secondary N) is 2. The third kappa shape index (κ3) is 2.34. The van der Waals surface area contributed by atoms with Crippen LogP contribution in [0.15, 0.2) is 28.9 Å². The Labute approximate surface area is 116 Å². The molecule has 1 fully saturated rings. The third-order valence-electron chi connectivity index (χ3n) is 3.93. The number of aromatic amines is 1. The van der Waals surface area contributed by atoms with Crippen molar-refractivity contribution in [1.82, 2.24) is 15.5 Å². The second kappa shape index (κ2) is 5.13. The number of nitrogens with zero attached hydrogens (tertiary/aromatic N) is 1. The van der Waals surface area contributed by atoms with E-state index in [1.807, 2.05) is 6.07 Å². The molecule has 0 unspecified atom stereocenters. The molecule has 1 aliphatic carbocycles. The first-order valence-corrected chi connectivity index (χ1v) is 6.84. The number of furan rings is 1. The Bertz CT molecular complexity index is 582. The van der Waals surface area contributed by atoms with E-state index in [0.29, 0.717) is 23.7 Å². The maximum absolute atomic E-state index is 12.3. The molecular formula is C14H18N4O2. The lowest BCUT2D eigenvalue weighted by molar-refractivity contribution is 0.0898. The summed E-state index contributed by atoms with van der Waals surface area (Å²) in [7, 11) is 0. The predicted octanol–water partition coefficient (Wildman–Crippen LogP) is 1.67. The van der Waals surface area contributed by atoms with E-state index in [4.69, 9.17) is 10.2 Å². The molecular weight excluding hydrogens is 256 g/mol. The molecule has 6 nitrogen and oxygen atoms in total. The molecule has 106 valence electrons. The van der Waals surface area contributed by atoms with Crippen LogP contribution in [0.2, 0.25) is 0 Å². The Kier molecular flexibility index (Phi) is 3.31. The Balaban J connectivity index is 1.74. The average Bonchev–Trinajstić information content (AvgIpc) is 3.19. The molecule has 0 saturated heterocycles. The van der Waals surface area contributed by atoms with Crippen molar-refractivity contribution in [3.8, 4) is 11.5 Å². The molecule has 6 heteroatoms. The molecule has 0 radical (unpaired) electrons. The predicted molar refractivity (Wildman–Crippen MR) is 74.0 cm³/mol. The molecule has 1 amide bonds. The summed E-state index contributed by atoms with van der Waals surface area (Å²) in [4.78, 5) is 12.3. The lowest BCUT2D eigenvalue weighted by Crippen LogP contribution is -2.51. The first kappa shape index (κ1) is 12.9. The molecule has 0 spiro atoms. The monoisotopic (exact) mass is 274 g/mol. The minimum atomic E-state index is -0.263. The van der Waals surface area contributed by atoms with Gasteiger partial charge in [-0.3, -0.25) is 9.89 Å². The molecule has 2 aromatic heterocycles. The molecule has 2 aromatic rings. The molecule has 20 heavy (non-hydrogen) atoms. The van der Waals surface area contributed by atoms with Crippen LogP contribution in [0, 0.1) is 0 Å². The van der Waals surface area contributed by atoms with Crippen LogP contribution in [0.1, 0.15) is 36.2 Å². The van der Waals surface area contributed by atoms with Crippen molar-refractivity contribution in [2.45, 2.75) is 31.2 Å². The second-order valence-electron chi connectivity index (χ2n) is 5.29. The molecule has 3 rings (SSSR count). The van der Waals surface area contributed by atoms with Crippen LogP contribution >= 0.6 is 0 Å². The molecule has 0 aromatic carbocycles. The van der Waals surface area contributed by atoms with Gasteiger partial charge in [0.05, 0.1) is 11.8 Å². The lowest BCUT2D eigenvalue weighted by Gasteiger charge is -2.28. The van der Waals surface area contributed by atoms with Crippen molar-refractivity contribution < 1.29 is 9.21 Å². The Morgan fingerprint density at radius 1 is 1.50 bits per heavy atom. The summed E-state index contributed by atoms with van der Waals surface area (Å²) in [6.45, 7) is 0.466. The van der Waals surface area contributed by atoms with E-state index in [1.165, 1.54) is 0 Å². The van der Waals surface area contributed by atoms with Gasteiger partial charge in [-0.1, -0.05) is 12.8 Å². The van der Waals surface area contributed by atoms with Crippen LogP contribution in [-0.4, -0.2) is 28.2 Å². The van der Waals surface area contributed by atoms with Gasteiger partial charge < -0.3 is 15.5 Å². The van der Waals surface area contributed by atoms with E-state index in [9.17, 15) is 4.79 Å². The van der Waals surface area contributed by atoms with E-state index in [1.54, 1.807) is 18.4 Å². The smallest absolute Gasteiger partial charge is 0.272 e. The maximum atomic E-state index is 12.3. The minimum Gasteiger partial charge on any atom is -0.463 e. The van der Waals surface area contributed by atoms with Gasteiger partial charge in [0.25, 0.3) is 5.91 Å². The number of rotatable bonds is 4. The highest BCUT2D eigenvalue weighted by atomic mass is 16.3. The van der Waals surface area contributed by atoms with Crippen LogP contribution in [0.4, 0.5) is 0 Å². The minimum absolute atomic E-state index is 0.189. The van der Waals surface area contributed by atoms with Crippen molar-refractivity contribution >= 4 is 5.91 Å². The van der Waals surface area contributed by atoms with Gasteiger partial charge >= 0.3 is 0 Å². The zero-order valence-electron chi connectivity index (χ0n) is 11.2. The molecule has 1 aliphatic rings. The Hall–Kier alpha value is -2.08. The van der Waals surface area contributed by atoms with Gasteiger partial charge in [-0.15, -0.1) is 0 Å². The second-order valence-corrected chi connectivity index (χ2v) is 5.29. The molecule has 4 N–H and O–H groups in total. The average molecular weight is 274 g/mol. The Morgan fingerprint density at radius 3 is 2.95 bits per heavy atom. The van der Waals surface area contributed by atoms with E-state index in [-0.39, 0.29) is 11.4 Å². The highest BCUT2D eigenvalue weighted by molar-refractivity contribution is 5.93. The van der Waals surface area contributed by atoms with Crippen molar-refractivity contribution in [2.75, 3.05) is 6.54 Å². The largest absolute Gasteiger partial charge is 0.463 e. The zero-order chi connectivity index (χ0) is 14.0. The number of hydrogen-bond acceptors (Lipinski definition) is 4. The van der Waals surface area contributed by atoms with Crippen molar-refractivity contribution in [3.05, 3.63) is 30.2 Å². The lowest BCUT2D eigenvalue weighted by atomic mass is 9.97. The number of amides is 1. The number of aromatic nitrogens is 2. The summed E-state index contributed by atoms with van der Waals surface area (Å²) in [5.41, 5.74) is 6.60. The topological polar surface area (TPSA) is 96.9 Å². The Morgan fingerprint density at radius 2 is 2.30 bits per heavy atom. The fraction of sp³-hybridized carbons (Fsp3) is 0.429. The summed E-state index contributed by atoms with van der Waals surface area (Å²) in [5, 5.41) is 9.89. The van der Waals surface area contributed by atoms with Gasteiger partial charge in [-0.25, -0.2) is 0 Å². The van der Waals surface area contributed by atoms with E-state index < -0.39 is 0 Å². The van der Waals surface area contributed by atoms with Crippen molar-refractivity contribution in [2.24, 2.45) is 5.73 Å². The molecule has 0 atom stereocenters. The van der Waals surface area contributed by atoms with Crippen molar-refractivity contribution in [1.29, 1.82) is 0 Å². The summed E-state index contributed by atoms with van der Waals surface area (Å²) < 4.78 is 5.26. The molecule has 0 bridgehead atoms. The van der Waals surface area contributed by atoms with E-state index in [0.717, 1.165) is 25.7 Å². The zero-order valence-corrected chi connectivity index (χ0v) is 11.2. The number of carbonyl (C=O) groups excluding carboxylic acids is 1. The summed E-state index contributed by atoms with van der Waals surface area (Å²) in [6.07, 6.45) is 5.67. The number of hydrogen-bond donors (Lipinski definition) is 3.